The van der Waals surface area contributed by atoms with Crippen molar-refractivity contribution in [2.75, 3.05) is 6.61 Å². The Kier molecular flexibility index (Phi) is 7.72. The Labute approximate surface area is 231 Å². The van der Waals surface area contributed by atoms with Gasteiger partial charge in [-0.05, 0) is 71.3 Å². The van der Waals surface area contributed by atoms with E-state index in [2.05, 4.69) is 6.07 Å². The summed E-state index contributed by atoms with van der Waals surface area (Å²) in [7, 11) is 0. The number of halogens is 1. The molecule has 5 rings (SSSR count). The number of hydrogen-bond acceptors (Lipinski definition) is 5. The van der Waals surface area contributed by atoms with Gasteiger partial charge in [0.2, 0.25) is 0 Å². The van der Waals surface area contributed by atoms with E-state index in [1.54, 1.807) is 18.2 Å². The van der Waals surface area contributed by atoms with E-state index >= 15 is 0 Å². The molecule has 1 heterocycles. The molecule has 0 radical (unpaired) electrons. The van der Waals surface area contributed by atoms with Gasteiger partial charge in [0.05, 0.1) is 23.1 Å². The molecule has 0 atom stereocenters. The molecule has 4 aromatic rings. The highest BCUT2D eigenvalue weighted by atomic mass is 35.5. The summed E-state index contributed by atoms with van der Waals surface area (Å²) >= 11 is 7.53. The number of carbonyl (C=O) groups excluding carboxylic acids is 2. The lowest BCUT2D eigenvalue weighted by atomic mass is 10.0. The minimum Gasteiger partial charge on any atom is -0.490 e. The molecular formula is C31H26ClNO4S. The minimum atomic E-state index is -0.332. The summed E-state index contributed by atoms with van der Waals surface area (Å²) in [6.07, 6.45) is 1.67. The number of amides is 2. The van der Waals surface area contributed by atoms with Crippen LogP contribution in [-0.2, 0) is 17.9 Å². The lowest BCUT2D eigenvalue weighted by Crippen LogP contribution is -2.27. The Morgan fingerprint density at radius 1 is 0.947 bits per heavy atom. The smallest absolute Gasteiger partial charge is 0.293 e. The van der Waals surface area contributed by atoms with Crippen molar-refractivity contribution in [2.45, 2.75) is 27.0 Å². The number of imide groups is 1. The first-order valence-electron chi connectivity index (χ1n) is 12.3. The third-order valence-electron chi connectivity index (χ3n) is 6.18. The molecule has 192 valence electrons. The fraction of sp³-hybridized carbons (Fsp3) is 0.161. The van der Waals surface area contributed by atoms with Crippen molar-refractivity contribution in [3.05, 3.63) is 111 Å². The number of thioether (sulfide) groups is 1. The summed E-state index contributed by atoms with van der Waals surface area (Å²) < 4.78 is 11.8. The van der Waals surface area contributed by atoms with Crippen LogP contribution in [0, 0.1) is 6.92 Å². The van der Waals surface area contributed by atoms with Crippen LogP contribution in [-0.4, -0.2) is 22.7 Å². The van der Waals surface area contributed by atoms with Crippen molar-refractivity contribution in [2.24, 2.45) is 0 Å². The molecule has 1 fully saturated rings. The Morgan fingerprint density at radius 2 is 1.74 bits per heavy atom. The number of hydrogen-bond donors (Lipinski definition) is 0. The SMILES string of the molecule is CCOc1cc(/C=C2/SC(=O)N(Cc3cccc4ccccc34)C2=O)cc(Cl)c1OCc1cccc(C)c1. The summed E-state index contributed by atoms with van der Waals surface area (Å²) in [5.41, 5.74) is 3.74. The fourth-order valence-corrected chi connectivity index (χ4v) is 5.53. The highest BCUT2D eigenvalue weighted by Crippen LogP contribution is 2.40. The number of carbonyl (C=O) groups is 2. The molecule has 0 N–H and O–H groups in total. The average molecular weight is 544 g/mol. The van der Waals surface area contributed by atoms with E-state index in [0.717, 1.165) is 39.2 Å². The molecule has 1 saturated heterocycles. The molecule has 1 aliphatic rings. The molecule has 0 spiro atoms. The molecule has 38 heavy (non-hydrogen) atoms. The molecule has 7 heteroatoms. The molecular weight excluding hydrogens is 518 g/mol. The number of rotatable bonds is 8. The predicted molar refractivity (Wildman–Crippen MR) is 154 cm³/mol. The number of fused-ring (bicyclic) bond motifs is 1. The third-order valence-corrected chi connectivity index (χ3v) is 7.37. The maximum absolute atomic E-state index is 13.2. The highest BCUT2D eigenvalue weighted by molar-refractivity contribution is 8.18. The van der Waals surface area contributed by atoms with E-state index in [9.17, 15) is 9.59 Å². The molecule has 0 unspecified atom stereocenters. The molecule has 0 aromatic heterocycles. The summed E-state index contributed by atoms with van der Waals surface area (Å²) in [6, 6.07) is 25.4. The number of aryl methyl sites for hydroxylation is 1. The number of benzene rings is 4. The first-order chi connectivity index (χ1) is 18.4. The van der Waals surface area contributed by atoms with Crippen molar-refractivity contribution >= 4 is 51.4 Å². The van der Waals surface area contributed by atoms with Gasteiger partial charge in [-0.15, -0.1) is 0 Å². The first-order valence-corrected chi connectivity index (χ1v) is 13.5. The molecule has 2 amide bonds. The Balaban J connectivity index is 1.38. The van der Waals surface area contributed by atoms with Crippen molar-refractivity contribution in [1.82, 2.24) is 4.90 Å². The van der Waals surface area contributed by atoms with Crippen LogP contribution in [0.4, 0.5) is 4.79 Å². The fourth-order valence-electron chi connectivity index (χ4n) is 4.42. The summed E-state index contributed by atoms with van der Waals surface area (Å²) in [6.45, 7) is 4.88. The van der Waals surface area contributed by atoms with Crippen molar-refractivity contribution in [1.29, 1.82) is 0 Å². The van der Waals surface area contributed by atoms with Gasteiger partial charge in [-0.2, -0.15) is 0 Å². The molecule has 1 aliphatic heterocycles. The lowest BCUT2D eigenvalue weighted by Gasteiger charge is -2.15. The van der Waals surface area contributed by atoms with Gasteiger partial charge in [0.25, 0.3) is 11.1 Å². The van der Waals surface area contributed by atoms with E-state index in [-0.39, 0.29) is 17.7 Å². The second-order valence-electron chi connectivity index (χ2n) is 8.95. The van der Waals surface area contributed by atoms with Crippen LogP contribution in [0.5, 0.6) is 11.5 Å². The zero-order valence-electron chi connectivity index (χ0n) is 21.1. The summed E-state index contributed by atoms with van der Waals surface area (Å²) in [4.78, 5) is 27.7. The third kappa shape index (κ3) is 5.57. The summed E-state index contributed by atoms with van der Waals surface area (Å²) in [5.74, 6) is 0.590. The topological polar surface area (TPSA) is 55.8 Å². The molecule has 4 aromatic carbocycles. The molecule has 0 saturated carbocycles. The monoisotopic (exact) mass is 543 g/mol. The zero-order valence-corrected chi connectivity index (χ0v) is 22.6. The van der Waals surface area contributed by atoms with E-state index in [0.29, 0.717) is 40.2 Å². The van der Waals surface area contributed by atoms with Gasteiger partial charge in [0.15, 0.2) is 11.5 Å². The largest absolute Gasteiger partial charge is 0.490 e. The van der Waals surface area contributed by atoms with Gasteiger partial charge in [0.1, 0.15) is 6.61 Å². The van der Waals surface area contributed by atoms with Crippen LogP contribution >= 0.6 is 23.4 Å². The van der Waals surface area contributed by atoms with Gasteiger partial charge < -0.3 is 9.47 Å². The summed E-state index contributed by atoms with van der Waals surface area (Å²) in [5, 5.41) is 2.15. The predicted octanol–water partition coefficient (Wildman–Crippen LogP) is 8.02. The molecule has 5 nitrogen and oxygen atoms in total. The second-order valence-corrected chi connectivity index (χ2v) is 10.3. The van der Waals surface area contributed by atoms with E-state index in [1.165, 1.54) is 4.90 Å². The standard InChI is InChI=1S/C31H26ClNO4S/c1-3-36-27-16-22(15-26(32)29(27)37-19-21-9-6-8-20(2)14-21)17-28-30(34)33(31(35)38-28)18-24-12-7-11-23-10-4-5-13-25(23)24/h4-17H,3,18-19H2,1-2H3/b28-17+. The van der Waals surface area contributed by atoms with Crippen LogP contribution in [0.1, 0.15) is 29.2 Å². The maximum atomic E-state index is 13.2. The quantitative estimate of drug-likeness (QED) is 0.211. The van der Waals surface area contributed by atoms with Crippen molar-refractivity contribution < 1.29 is 19.1 Å². The Morgan fingerprint density at radius 3 is 2.55 bits per heavy atom. The van der Waals surface area contributed by atoms with Crippen LogP contribution in [0.25, 0.3) is 16.8 Å². The van der Waals surface area contributed by atoms with Crippen LogP contribution in [0.3, 0.4) is 0 Å². The van der Waals surface area contributed by atoms with Gasteiger partial charge in [0, 0.05) is 0 Å². The molecule has 0 bridgehead atoms. The first kappa shape index (κ1) is 25.9. The van der Waals surface area contributed by atoms with E-state index in [4.69, 9.17) is 21.1 Å². The minimum absolute atomic E-state index is 0.208. The number of ether oxygens (including phenoxy) is 2. The van der Waals surface area contributed by atoms with Crippen molar-refractivity contribution in [3.8, 4) is 11.5 Å². The van der Waals surface area contributed by atoms with Crippen LogP contribution in [0.2, 0.25) is 5.02 Å². The van der Waals surface area contributed by atoms with E-state index < -0.39 is 0 Å². The average Bonchev–Trinajstić information content (AvgIpc) is 3.16. The van der Waals surface area contributed by atoms with Crippen molar-refractivity contribution in [3.63, 3.8) is 0 Å². The molecule has 0 aliphatic carbocycles. The lowest BCUT2D eigenvalue weighted by molar-refractivity contribution is -0.123. The maximum Gasteiger partial charge on any atom is 0.293 e. The second kappa shape index (κ2) is 11.3. The normalized spacial score (nSPS) is 14.5. The zero-order chi connectivity index (χ0) is 26.6. The highest BCUT2D eigenvalue weighted by Gasteiger charge is 2.35. The van der Waals surface area contributed by atoms with Gasteiger partial charge in [-0.1, -0.05) is 83.9 Å². The number of nitrogens with zero attached hydrogens (tertiary/aromatic N) is 1. The van der Waals surface area contributed by atoms with Gasteiger partial charge >= 0.3 is 0 Å². The van der Waals surface area contributed by atoms with Crippen LogP contribution < -0.4 is 9.47 Å². The Hall–Kier alpha value is -3.74. The van der Waals surface area contributed by atoms with E-state index in [1.807, 2.05) is 74.5 Å². The van der Waals surface area contributed by atoms with Crippen LogP contribution in [0.15, 0.2) is 83.8 Å². The van der Waals surface area contributed by atoms with Gasteiger partial charge in [-0.25, -0.2) is 0 Å². The van der Waals surface area contributed by atoms with Gasteiger partial charge in [-0.3, -0.25) is 14.5 Å². The Bertz CT molecular complexity index is 1560.